The Morgan fingerprint density at radius 3 is 2.25 bits per heavy atom. The van der Waals surface area contributed by atoms with Gasteiger partial charge < -0.3 is 5.32 Å². The number of benzene rings is 2. The summed E-state index contributed by atoms with van der Waals surface area (Å²) in [6.07, 6.45) is 0.997. The van der Waals surface area contributed by atoms with Crippen molar-refractivity contribution in [3.05, 3.63) is 71.0 Å². The number of rotatable bonds is 4. The summed E-state index contributed by atoms with van der Waals surface area (Å²) in [6.45, 7) is 4.04. The molecule has 1 atom stereocenters. The first-order valence-electron chi connectivity index (χ1n) is 6.75. The number of halogens is 1. The van der Waals surface area contributed by atoms with Crippen molar-refractivity contribution in [1.82, 2.24) is 5.32 Å². The highest BCUT2D eigenvalue weighted by Crippen LogP contribution is 2.14. The molecule has 2 nitrogen and oxygen atoms in total. The van der Waals surface area contributed by atoms with Crippen LogP contribution in [0.5, 0.6) is 0 Å². The Kier molecular flexibility index (Phi) is 4.51. The third-order valence-electron chi connectivity index (χ3n) is 3.34. The summed E-state index contributed by atoms with van der Waals surface area (Å²) in [4.78, 5) is 12.0. The van der Waals surface area contributed by atoms with Gasteiger partial charge in [0.05, 0.1) is 6.04 Å². The summed E-state index contributed by atoms with van der Waals surface area (Å²) in [5.74, 6) is -0.540. The van der Waals surface area contributed by atoms with E-state index >= 15 is 0 Å². The van der Waals surface area contributed by atoms with Crippen molar-refractivity contribution in [3.8, 4) is 0 Å². The monoisotopic (exact) mass is 271 g/mol. The number of hydrogen-bond acceptors (Lipinski definition) is 1. The molecule has 0 unspecified atom stereocenters. The Hall–Kier alpha value is -2.16. The zero-order valence-corrected chi connectivity index (χ0v) is 11.7. The van der Waals surface area contributed by atoms with Crippen molar-refractivity contribution in [1.29, 1.82) is 0 Å². The Bertz CT molecular complexity index is 575. The van der Waals surface area contributed by atoms with E-state index in [0.717, 1.165) is 12.0 Å². The predicted octanol–water partition coefficient (Wildman–Crippen LogP) is 3.88. The molecule has 0 saturated heterocycles. The van der Waals surface area contributed by atoms with Crippen LogP contribution in [0.4, 0.5) is 4.39 Å². The normalized spacial score (nSPS) is 11.9. The number of carbonyl (C=O) groups excluding carboxylic acids is 1. The van der Waals surface area contributed by atoms with Gasteiger partial charge in [-0.2, -0.15) is 0 Å². The molecule has 0 heterocycles. The van der Waals surface area contributed by atoms with Crippen molar-refractivity contribution in [2.75, 3.05) is 0 Å². The number of hydrogen-bond donors (Lipinski definition) is 1. The second-order valence-corrected chi connectivity index (χ2v) is 4.80. The summed E-state index contributed by atoms with van der Waals surface area (Å²) in [5, 5.41) is 2.91. The maximum atomic E-state index is 12.8. The predicted molar refractivity (Wildman–Crippen MR) is 78.1 cm³/mol. The lowest BCUT2D eigenvalue weighted by Crippen LogP contribution is -2.26. The Morgan fingerprint density at radius 1 is 1.10 bits per heavy atom. The molecule has 2 aromatic rings. The van der Waals surface area contributed by atoms with Crippen molar-refractivity contribution >= 4 is 5.91 Å². The molecule has 0 aliphatic carbocycles. The average molecular weight is 271 g/mol. The van der Waals surface area contributed by atoms with Gasteiger partial charge in [0, 0.05) is 5.56 Å². The van der Waals surface area contributed by atoms with Gasteiger partial charge in [-0.3, -0.25) is 4.79 Å². The fraction of sp³-hybridized carbons (Fsp3) is 0.235. The molecule has 104 valence electrons. The van der Waals surface area contributed by atoms with Gasteiger partial charge in [-0.25, -0.2) is 4.39 Å². The highest BCUT2D eigenvalue weighted by Gasteiger charge is 2.11. The van der Waals surface area contributed by atoms with E-state index in [0.29, 0.717) is 5.56 Å². The molecule has 0 radical (unpaired) electrons. The van der Waals surface area contributed by atoms with E-state index in [9.17, 15) is 9.18 Å². The number of aryl methyl sites for hydroxylation is 1. The van der Waals surface area contributed by atoms with Gasteiger partial charge in [0.25, 0.3) is 5.91 Å². The molecule has 0 bridgehead atoms. The van der Waals surface area contributed by atoms with E-state index in [-0.39, 0.29) is 17.8 Å². The molecule has 3 heteroatoms. The van der Waals surface area contributed by atoms with Crippen LogP contribution in [0, 0.1) is 5.82 Å². The minimum Gasteiger partial charge on any atom is -0.346 e. The van der Waals surface area contributed by atoms with Crippen LogP contribution in [0.25, 0.3) is 0 Å². The van der Waals surface area contributed by atoms with E-state index < -0.39 is 0 Å². The third-order valence-corrected chi connectivity index (χ3v) is 3.34. The molecule has 0 saturated carbocycles. The lowest BCUT2D eigenvalue weighted by molar-refractivity contribution is 0.0940. The van der Waals surface area contributed by atoms with Crippen LogP contribution < -0.4 is 5.32 Å². The first-order chi connectivity index (χ1) is 9.60. The van der Waals surface area contributed by atoms with Crippen molar-refractivity contribution < 1.29 is 9.18 Å². The first-order valence-corrected chi connectivity index (χ1v) is 6.75. The quantitative estimate of drug-likeness (QED) is 0.898. The van der Waals surface area contributed by atoms with Crippen LogP contribution in [0.1, 0.15) is 41.4 Å². The van der Waals surface area contributed by atoms with Crippen molar-refractivity contribution in [2.24, 2.45) is 0 Å². The Morgan fingerprint density at radius 2 is 1.70 bits per heavy atom. The second-order valence-electron chi connectivity index (χ2n) is 4.80. The molecule has 1 N–H and O–H groups in total. The molecule has 2 aromatic carbocycles. The van der Waals surface area contributed by atoms with Crippen LogP contribution in [0.3, 0.4) is 0 Å². The van der Waals surface area contributed by atoms with Crippen molar-refractivity contribution in [3.63, 3.8) is 0 Å². The van der Waals surface area contributed by atoms with Crippen LogP contribution in [-0.4, -0.2) is 5.91 Å². The van der Waals surface area contributed by atoms with E-state index in [1.54, 1.807) is 0 Å². The molecule has 0 aromatic heterocycles. The summed E-state index contributed by atoms with van der Waals surface area (Å²) in [5.41, 5.74) is 2.78. The number of carbonyl (C=O) groups is 1. The minimum absolute atomic E-state index is 0.0848. The van der Waals surface area contributed by atoms with Crippen molar-refractivity contribution in [2.45, 2.75) is 26.3 Å². The fourth-order valence-electron chi connectivity index (χ4n) is 2.01. The van der Waals surface area contributed by atoms with E-state index in [4.69, 9.17) is 0 Å². The van der Waals surface area contributed by atoms with Crippen LogP contribution in [-0.2, 0) is 6.42 Å². The lowest BCUT2D eigenvalue weighted by Gasteiger charge is -2.15. The molecule has 20 heavy (non-hydrogen) atoms. The number of nitrogens with one attached hydrogen (secondary N) is 1. The van der Waals surface area contributed by atoms with Gasteiger partial charge in [-0.1, -0.05) is 31.2 Å². The van der Waals surface area contributed by atoms with E-state index in [2.05, 4.69) is 24.4 Å². The smallest absolute Gasteiger partial charge is 0.251 e. The SMILES string of the molecule is CCc1ccc([C@@H](C)NC(=O)c2ccc(F)cc2)cc1. The van der Waals surface area contributed by atoms with Gasteiger partial charge in [0.2, 0.25) is 0 Å². The Balaban J connectivity index is 2.04. The maximum Gasteiger partial charge on any atom is 0.251 e. The zero-order chi connectivity index (χ0) is 14.5. The first kappa shape index (κ1) is 14.3. The molecule has 2 rings (SSSR count). The summed E-state index contributed by atoms with van der Waals surface area (Å²) in [7, 11) is 0. The average Bonchev–Trinajstić information content (AvgIpc) is 2.48. The Labute approximate surface area is 118 Å². The van der Waals surface area contributed by atoms with Gasteiger partial charge in [-0.05, 0) is 48.7 Å². The molecule has 0 fully saturated rings. The molecule has 0 spiro atoms. The molecule has 0 aliphatic rings. The standard InChI is InChI=1S/C17H18FNO/c1-3-13-4-6-14(7-5-13)12(2)19-17(20)15-8-10-16(18)11-9-15/h4-12H,3H2,1-2H3,(H,19,20)/t12-/m1/s1. The third kappa shape index (κ3) is 3.44. The summed E-state index contributed by atoms with van der Waals surface area (Å²) >= 11 is 0. The maximum absolute atomic E-state index is 12.8. The van der Waals surface area contributed by atoms with Crippen LogP contribution in [0.2, 0.25) is 0 Å². The van der Waals surface area contributed by atoms with Gasteiger partial charge in [-0.15, -0.1) is 0 Å². The highest BCUT2D eigenvalue weighted by atomic mass is 19.1. The second kappa shape index (κ2) is 6.33. The molecular weight excluding hydrogens is 253 g/mol. The number of amides is 1. The van der Waals surface area contributed by atoms with E-state index in [1.165, 1.54) is 29.8 Å². The molecular formula is C17H18FNO. The van der Waals surface area contributed by atoms with Crippen LogP contribution in [0.15, 0.2) is 48.5 Å². The topological polar surface area (TPSA) is 29.1 Å². The minimum atomic E-state index is -0.343. The molecule has 0 aliphatic heterocycles. The van der Waals surface area contributed by atoms with Gasteiger partial charge >= 0.3 is 0 Å². The summed E-state index contributed by atoms with van der Waals surface area (Å²) < 4.78 is 12.8. The largest absolute Gasteiger partial charge is 0.346 e. The molecule has 1 amide bonds. The lowest BCUT2D eigenvalue weighted by atomic mass is 10.0. The highest BCUT2D eigenvalue weighted by molar-refractivity contribution is 5.94. The van der Waals surface area contributed by atoms with Crippen LogP contribution >= 0.6 is 0 Å². The van der Waals surface area contributed by atoms with Gasteiger partial charge in [0.15, 0.2) is 0 Å². The zero-order valence-electron chi connectivity index (χ0n) is 11.7. The van der Waals surface area contributed by atoms with E-state index in [1.807, 2.05) is 19.1 Å². The van der Waals surface area contributed by atoms with Gasteiger partial charge in [0.1, 0.15) is 5.82 Å². The fourth-order valence-corrected chi connectivity index (χ4v) is 2.01. The summed E-state index contributed by atoms with van der Waals surface area (Å²) in [6, 6.07) is 13.6.